The molecular weight excluding hydrogens is 259 g/mol. The zero-order valence-corrected chi connectivity index (χ0v) is 11.9. The average molecular weight is 278 g/mol. The van der Waals surface area contributed by atoms with E-state index in [9.17, 15) is 9.18 Å². The van der Waals surface area contributed by atoms with Crippen molar-refractivity contribution < 1.29 is 13.5 Å². The van der Waals surface area contributed by atoms with E-state index in [0.717, 1.165) is 19.3 Å². The summed E-state index contributed by atoms with van der Waals surface area (Å²) in [7, 11) is 0. The molecule has 20 heavy (non-hydrogen) atoms. The van der Waals surface area contributed by atoms with Crippen LogP contribution in [0.25, 0.3) is 10.8 Å². The number of unbranched alkanes of at least 4 members (excludes halogenated alkanes) is 1. The van der Waals surface area contributed by atoms with E-state index >= 15 is 0 Å². The molecule has 0 saturated carbocycles. The molecule has 1 heterocycles. The predicted molar refractivity (Wildman–Crippen MR) is 76.8 cm³/mol. The van der Waals surface area contributed by atoms with E-state index in [-0.39, 0.29) is 11.1 Å². The van der Waals surface area contributed by atoms with Crippen molar-refractivity contribution >= 4 is 10.8 Å². The van der Waals surface area contributed by atoms with Crippen LogP contribution in [-0.4, -0.2) is 6.61 Å². The van der Waals surface area contributed by atoms with Crippen LogP contribution in [0.1, 0.15) is 38.9 Å². The second kappa shape index (κ2) is 6.55. The first-order valence-electron chi connectivity index (χ1n) is 7.05. The van der Waals surface area contributed by atoms with Gasteiger partial charge in [0.15, 0.2) is 11.6 Å². The summed E-state index contributed by atoms with van der Waals surface area (Å²) in [5.41, 5.74) is -0.635. The molecular formula is C16H19FO3. The van der Waals surface area contributed by atoms with Gasteiger partial charge in [0.1, 0.15) is 11.1 Å². The Balaban J connectivity index is 2.42. The first-order chi connectivity index (χ1) is 9.67. The molecule has 0 aliphatic carbocycles. The van der Waals surface area contributed by atoms with Crippen LogP contribution in [-0.2, 0) is 6.42 Å². The van der Waals surface area contributed by atoms with E-state index in [2.05, 4.69) is 0 Å². The van der Waals surface area contributed by atoms with Crippen molar-refractivity contribution in [2.75, 3.05) is 6.61 Å². The van der Waals surface area contributed by atoms with Crippen molar-refractivity contribution in [3.8, 4) is 5.75 Å². The van der Waals surface area contributed by atoms with Crippen molar-refractivity contribution in [2.24, 2.45) is 0 Å². The molecule has 2 rings (SSSR count). The number of benzene rings is 1. The Morgan fingerprint density at radius 1 is 1.25 bits per heavy atom. The Morgan fingerprint density at radius 2 is 2.05 bits per heavy atom. The number of ether oxygens (including phenoxy) is 1. The molecule has 0 amide bonds. The van der Waals surface area contributed by atoms with Gasteiger partial charge in [-0.25, -0.2) is 9.18 Å². The normalized spacial score (nSPS) is 10.9. The molecule has 0 bridgehead atoms. The van der Waals surface area contributed by atoms with Crippen molar-refractivity contribution in [2.45, 2.75) is 39.5 Å². The summed E-state index contributed by atoms with van der Waals surface area (Å²) in [6.07, 6.45) is 3.36. The van der Waals surface area contributed by atoms with E-state index in [4.69, 9.17) is 9.15 Å². The van der Waals surface area contributed by atoms with Gasteiger partial charge < -0.3 is 9.15 Å². The van der Waals surface area contributed by atoms with E-state index in [0.29, 0.717) is 24.2 Å². The van der Waals surface area contributed by atoms with Gasteiger partial charge in [-0.05, 0) is 30.4 Å². The summed E-state index contributed by atoms with van der Waals surface area (Å²) >= 11 is 0. The molecule has 108 valence electrons. The fourth-order valence-electron chi connectivity index (χ4n) is 2.08. The first kappa shape index (κ1) is 14.6. The van der Waals surface area contributed by atoms with Gasteiger partial charge in [-0.1, -0.05) is 26.3 Å². The molecule has 1 aromatic carbocycles. The Kier molecular flexibility index (Phi) is 4.77. The third-order valence-electron chi connectivity index (χ3n) is 3.14. The molecule has 4 heteroatoms. The lowest BCUT2D eigenvalue weighted by Gasteiger charge is -2.08. The minimum atomic E-state index is -0.635. The van der Waals surface area contributed by atoms with Crippen LogP contribution in [0.15, 0.2) is 27.4 Å². The number of halogens is 1. The molecule has 0 fully saturated rings. The highest BCUT2D eigenvalue weighted by molar-refractivity contribution is 5.83. The van der Waals surface area contributed by atoms with Crippen LogP contribution in [0.3, 0.4) is 0 Å². The number of hydrogen-bond donors (Lipinski definition) is 0. The highest BCUT2D eigenvalue weighted by atomic mass is 19.1. The van der Waals surface area contributed by atoms with Crippen molar-refractivity contribution in [3.63, 3.8) is 0 Å². The maximum atomic E-state index is 14.3. The van der Waals surface area contributed by atoms with Gasteiger partial charge in [0.05, 0.1) is 6.61 Å². The Hall–Kier alpha value is -1.84. The summed E-state index contributed by atoms with van der Waals surface area (Å²) in [5, 5.41) is 0.531. The minimum Gasteiger partial charge on any atom is -0.490 e. The summed E-state index contributed by atoms with van der Waals surface area (Å²) in [6, 6.07) is 5.00. The Bertz CT molecular complexity index is 646. The minimum absolute atomic E-state index is 0.0288. The van der Waals surface area contributed by atoms with E-state index in [1.165, 1.54) is 0 Å². The van der Waals surface area contributed by atoms with Gasteiger partial charge in [0.2, 0.25) is 0 Å². The fourth-order valence-corrected chi connectivity index (χ4v) is 2.08. The molecule has 0 aliphatic rings. The van der Waals surface area contributed by atoms with Gasteiger partial charge in [-0.2, -0.15) is 0 Å². The molecule has 0 aliphatic heterocycles. The summed E-state index contributed by atoms with van der Waals surface area (Å²) in [4.78, 5) is 11.9. The highest BCUT2D eigenvalue weighted by Gasteiger charge is 2.14. The van der Waals surface area contributed by atoms with Crippen molar-refractivity contribution in [1.82, 2.24) is 0 Å². The van der Waals surface area contributed by atoms with E-state index in [1.54, 1.807) is 18.2 Å². The van der Waals surface area contributed by atoms with Crippen LogP contribution in [0.5, 0.6) is 5.75 Å². The Morgan fingerprint density at radius 3 is 2.75 bits per heavy atom. The lowest BCUT2D eigenvalue weighted by molar-refractivity contribution is 0.295. The number of aryl methyl sites for hydroxylation is 1. The van der Waals surface area contributed by atoms with Crippen molar-refractivity contribution in [1.29, 1.82) is 0 Å². The van der Waals surface area contributed by atoms with Crippen LogP contribution < -0.4 is 10.4 Å². The second-order valence-corrected chi connectivity index (χ2v) is 4.79. The van der Waals surface area contributed by atoms with Crippen LogP contribution in [0.2, 0.25) is 0 Å². The zero-order valence-electron chi connectivity index (χ0n) is 11.9. The third-order valence-corrected chi connectivity index (χ3v) is 3.14. The van der Waals surface area contributed by atoms with Crippen LogP contribution in [0, 0.1) is 5.82 Å². The van der Waals surface area contributed by atoms with E-state index < -0.39 is 11.4 Å². The molecule has 2 aromatic rings. The molecule has 1 aromatic heterocycles. The topological polar surface area (TPSA) is 39.4 Å². The van der Waals surface area contributed by atoms with Gasteiger partial charge >= 0.3 is 5.63 Å². The number of rotatable bonds is 6. The number of fused-ring (bicyclic) bond motifs is 1. The highest BCUT2D eigenvalue weighted by Crippen LogP contribution is 2.25. The maximum absolute atomic E-state index is 14.3. The van der Waals surface area contributed by atoms with Crippen molar-refractivity contribution in [3.05, 3.63) is 40.2 Å². The predicted octanol–water partition coefficient (Wildman–Crippen LogP) is 4.06. The van der Waals surface area contributed by atoms with E-state index in [1.807, 2.05) is 13.8 Å². The lowest BCUT2D eigenvalue weighted by Crippen LogP contribution is -2.06. The largest absolute Gasteiger partial charge is 0.490 e. The molecule has 0 saturated heterocycles. The summed E-state index contributed by atoms with van der Waals surface area (Å²) < 4.78 is 24.8. The zero-order chi connectivity index (χ0) is 14.5. The van der Waals surface area contributed by atoms with Gasteiger partial charge in [0, 0.05) is 6.42 Å². The first-order valence-corrected chi connectivity index (χ1v) is 7.05. The molecule has 0 N–H and O–H groups in total. The third kappa shape index (κ3) is 3.00. The molecule has 0 radical (unpaired) electrons. The van der Waals surface area contributed by atoms with Gasteiger partial charge in [-0.3, -0.25) is 0 Å². The summed E-state index contributed by atoms with van der Waals surface area (Å²) in [5.74, 6) is 0.0703. The molecule has 0 unspecified atom stereocenters. The van der Waals surface area contributed by atoms with Crippen LogP contribution >= 0.6 is 0 Å². The van der Waals surface area contributed by atoms with Crippen LogP contribution in [0.4, 0.5) is 4.39 Å². The second-order valence-electron chi connectivity index (χ2n) is 4.79. The Labute approximate surface area is 117 Å². The maximum Gasteiger partial charge on any atom is 0.346 e. The number of hydrogen-bond acceptors (Lipinski definition) is 3. The summed E-state index contributed by atoms with van der Waals surface area (Å²) in [6.45, 7) is 4.47. The monoisotopic (exact) mass is 278 g/mol. The van der Waals surface area contributed by atoms with Gasteiger partial charge in [-0.15, -0.1) is 0 Å². The smallest absolute Gasteiger partial charge is 0.346 e. The fraction of sp³-hybridized carbons (Fsp3) is 0.438. The molecule has 3 nitrogen and oxygen atoms in total. The van der Waals surface area contributed by atoms with Gasteiger partial charge in [0.25, 0.3) is 0 Å². The molecule has 0 spiro atoms. The standard InChI is InChI=1S/C16H19FO3/c1-3-5-9-19-13-8-7-11-10-12(6-4-2)20-16(18)14(11)15(13)17/h7-8,10H,3-6,9H2,1-2H3. The SMILES string of the molecule is CCCCOc1ccc2cc(CCC)oc(=O)c2c1F. The quantitative estimate of drug-likeness (QED) is 0.748. The average Bonchev–Trinajstić information content (AvgIpc) is 2.41. The molecule has 0 atom stereocenters. The lowest BCUT2D eigenvalue weighted by atomic mass is 10.1.